The molecule has 0 aromatic heterocycles. The monoisotopic (exact) mass is 546 g/mol. The average Bonchev–Trinajstić information content (AvgIpc) is 2.83. The SMILES string of the molecule is CC(C)(C)N(NC(=O)c1ccccc1)C(=O)C[CH]([Ge])c1ccccc1.OCCN(CCO)CCO. The van der Waals surface area contributed by atoms with Crippen LogP contribution in [-0.4, -0.2) is 98.6 Å². The number of hydrazine groups is 1. The van der Waals surface area contributed by atoms with E-state index < -0.39 is 5.54 Å². The number of aliphatic hydroxyl groups is 3. The van der Waals surface area contributed by atoms with E-state index in [1.807, 2.05) is 73.7 Å². The number of rotatable bonds is 10. The van der Waals surface area contributed by atoms with Crippen LogP contribution in [-0.2, 0) is 4.79 Å². The Morgan fingerprint density at radius 2 is 1.31 bits per heavy atom. The molecule has 8 nitrogen and oxygen atoms in total. The zero-order valence-corrected chi connectivity index (χ0v) is 23.0. The van der Waals surface area contributed by atoms with Crippen molar-refractivity contribution in [1.29, 1.82) is 0 Å². The number of hydrogen-bond acceptors (Lipinski definition) is 6. The van der Waals surface area contributed by atoms with E-state index in [-0.39, 0.29) is 36.4 Å². The summed E-state index contributed by atoms with van der Waals surface area (Å²) < 4.78 is 0.0761. The van der Waals surface area contributed by atoms with Gasteiger partial charge in [0.25, 0.3) is 0 Å². The van der Waals surface area contributed by atoms with Gasteiger partial charge < -0.3 is 15.3 Å². The minimum Gasteiger partial charge on any atom is -0.395 e. The molecule has 1 unspecified atom stereocenters. The first-order valence-electron chi connectivity index (χ1n) is 11.6. The normalized spacial score (nSPS) is 11.9. The van der Waals surface area contributed by atoms with E-state index in [9.17, 15) is 9.59 Å². The van der Waals surface area contributed by atoms with Crippen molar-refractivity contribution < 1.29 is 24.9 Å². The van der Waals surface area contributed by atoms with Gasteiger partial charge in [-0.1, -0.05) is 0 Å². The molecule has 191 valence electrons. The van der Waals surface area contributed by atoms with Crippen LogP contribution >= 0.6 is 0 Å². The molecule has 0 fully saturated rings. The van der Waals surface area contributed by atoms with Crippen molar-refractivity contribution >= 4 is 28.3 Å². The van der Waals surface area contributed by atoms with Gasteiger partial charge in [-0.3, -0.25) is 4.90 Å². The molecule has 0 aliphatic carbocycles. The number of amides is 2. The van der Waals surface area contributed by atoms with Crippen molar-refractivity contribution in [3.8, 4) is 0 Å². The van der Waals surface area contributed by atoms with Gasteiger partial charge in [-0.25, -0.2) is 0 Å². The first-order valence-corrected chi connectivity index (χ1v) is 12.8. The summed E-state index contributed by atoms with van der Waals surface area (Å²) in [7, 11) is 0. The van der Waals surface area contributed by atoms with Crippen LogP contribution in [0.4, 0.5) is 0 Å². The smallest absolute Gasteiger partial charge is 0.0558 e. The van der Waals surface area contributed by atoms with Gasteiger partial charge >= 0.3 is 158 Å². The van der Waals surface area contributed by atoms with Crippen LogP contribution in [0.15, 0.2) is 60.7 Å². The van der Waals surface area contributed by atoms with E-state index in [1.54, 1.807) is 29.2 Å². The first-order chi connectivity index (χ1) is 16.6. The van der Waals surface area contributed by atoms with Crippen molar-refractivity contribution in [2.24, 2.45) is 0 Å². The Labute approximate surface area is 217 Å². The Morgan fingerprint density at radius 1 is 0.857 bits per heavy atom. The molecule has 35 heavy (non-hydrogen) atoms. The third-order valence-electron chi connectivity index (χ3n) is 5.00. The first kappa shape index (κ1) is 30.8. The molecule has 0 spiro atoms. The van der Waals surface area contributed by atoms with Crippen molar-refractivity contribution in [3.63, 3.8) is 0 Å². The van der Waals surface area contributed by atoms with Crippen molar-refractivity contribution in [2.45, 2.75) is 37.5 Å². The number of nitrogens with zero attached hydrogens (tertiary/aromatic N) is 2. The van der Waals surface area contributed by atoms with E-state index >= 15 is 0 Å². The summed E-state index contributed by atoms with van der Waals surface area (Å²) in [6.07, 6.45) is 0.330. The van der Waals surface area contributed by atoms with E-state index in [0.29, 0.717) is 31.6 Å². The zero-order chi connectivity index (χ0) is 26.3. The second-order valence-corrected chi connectivity index (χ2v) is 10.3. The van der Waals surface area contributed by atoms with Crippen LogP contribution in [0.1, 0.15) is 47.9 Å². The molecule has 0 bridgehead atoms. The fourth-order valence-electron chi connectivity index (χ4n) is 3.19. The van der Waals surface area contributed by atoms with Gasteiger partial charge in [0.2, 0.25) is 0 Å². The molecule has 2 aromatic rings. The third-order valence-corrected chi connectivity index (χ3v) is 6.13. The molecule has 2 aromatic carbocycles. The van der Waals surface area contributed by atoms with Gasteiger partial charge in [0.15, 0.2) is 0 Å². The van der Waals surface area contributed by atoms with E-state index in [4.69, 9.17) is 15.3 Å². The van der Waals surface area contributed by atoms with Crippen LogP contribution in [0.25, 0.3) is 0 Å². The van der Waals surface area contributed by atoms with E-state index in [1.165, 1.54) is 5.01 Å². The van der Waals surface area contributed by atoms with Crippen LogP contribution in [0.3, 0.4) is 0 Å². The maximum absolute atomic E-state index is 12.9. The largest absolute Gasteiger partial charge is 0.395 e. The topological polar surface area (TPSA) is 113 Å². The van der Waals surface area contributed by atoms with Crippen molar-refractivity contribution in [2.75, 3.05) is 39.5 Å². The summed E-state index contributed by atoms with van der Waals surface area (Å²) in [4.78, 5) is 27.1. The molecule has 4 N–H and O–H groups in total. The zero-order valence-electron chi connectivity index (χ0n) is 20.9. The van der Waals surface area contributed by atoms with E-state index in [2.05, 4.69) is 5.43 Å². The molecule has 0 aliphatic heterocycles. The Balaban J connectivity index is 0.000000518. The molecule has 3 radical (unpaired) electrons. The number of hydrogen-bond donors (Lipinski definition) is 4. The number of carbonyl (C=O) groups excluding carboxylic acids is 2. The minimum absolute atomic E-state index is 0.0694. The van der Waals surface area contributed by atoms with Crippen LogP contribution < -0.4 is 5.43 Å². The van der Waals surface area contributed by atoms with Crippen molar-refractivity contribution in [1.82, 2.24) is 15.3 Å². The summed E-state index contributed by atoms with van der Waals surface area (Å²) in [6, 6.07) is 18.8. The van der Waals surface area contributed by atoms with Crippen LogP contribution in [0.5, 0.6) is 0 Å². The van der Waals surface area contributed by atoms with Gasteiger partial charge in [-0.05, 0) is 0 Å². The molecule has 0 heterocycles. The standard InChI is InChI=1S/C20H23GeN2O2.C6H15NO3/c1-20(2,3)23(22-19(25)16-12-8-5-9-13-16)18(24)14-17(21)15-10-6-4-7-11-15;8-4-1-7(2-5-9)3-6-10/h4-13,17H,14H2,1-3H3,(H,22,25);8-10H,1-6H2. The molecular formula is C26H38GeN3O5. The number of carbonyl (C=O) groups is 2. The summed E-state index contributed by atoms with van der Waals surface area (Å²) in [5.41, 5.74) is 3.90. The quantitative estimate of drug-likeness (QED) is 0.266. The van der Waals surface area contributed by atoms with Gasteiger partial charge in [-0.15, -0.1) is 0 Å². The fraction of sp³-hybridized carbons (Fsp3) is 0.462. The minimum atomic E-state index is -0.516. The molecule has 9 heteroatoms. The third kappa shape index (κ3) is 11.8. The Morgan fingerprint density at radius 3 is 1.74 bits per heavy atom. The second-order valence-electron chi connectivity index (χ2n) is 8.89. The van der Waals surface area contributed by atoms with Gasteiger partial charge in [-0.2, -0.15) is 0 Å². The molecule has 0 saturated heterocycles. The van der Waals surface area contributed by atoms with Crippen LogP contribution in [0, 0.1) is 0 Å². The van der Waals surface area contributed by atoms with E-state index in [0.717, 1.165) is 5.56 Å². The number of benzene rings is 2. The van der Waals surface area contributed by atoms with Gasteiger partial charge in [0, 0.05) is 19.6 Å². The Bertz CT molecular complexity index is 848. The predicted octanol–water partition coefficient (Wildman–Crippen LogP) is 1.52. The predicted molar refractivity (Wildman–Crippen MR) is 138 cm³/mol. The summed E-state index contributed by atoms with van der Waals surface area (Å²) in [5.74, 6) is -0.385. The number of nitrogens with one attached hydrogen (secondary N) is 1. The summed E-state index contributed by atoms with van der Waals surface area (Å²) in [5, 5.41) is 26.9. The average molecular weight is 545 g/mol. The maximum atomic E-state index is 12.9. The molecule has 0 saturated carbocycles. The van der Waals surface area contributed by atoms with Gasteiger partial charge in [0.1, 0.15) is 0 Å². The maximum Gasteiger partial charge on any atom is 0.0558 e. The van der Waals surface area contributed by atoms with Crippen molar-refractivity contribution in [3.05, 3.63) is 71.8 Å². The Kier molecular flexibility index (Phi) is 14.5. The molecule has 0 aliphatic rings. The second kappa shape index (κ2) is 16.4. The van der Waals surface area contributed by atoms with Crippen LogP contribution in [0.2, 0.25) is 0 Å². The summed E-state index contributed by atoms with van der Waals surface area (Å²) in [6.45, 7) is 7.47. The summed E-state index contributed by atoms with van der Waals surface area (Å²) >= 11 is 2.02. The Hall–Kier alpha value is -2.24. The molecular weight excluding hydrogens is 507 g/mol. The molecule has 2 amide bonds. The fourth-order valence-corrected chi connectivity index (χ4v) is 3.96. The molecule has 2 rings (SSSR count). The van der Waals surface area contributed by atoms with Gasteiger partial charge in [0.05, 0.1) is 19.8 Å². The molecule has 1 atom stereocenters. The number of aliphatic hydroxyl groups excluding tert-OH is 3.